The van der Waals surface area contributed by atoms with Crippen molar-refractivity contribution in [2.45, 2.75) is 11.8 Å². The van der Waals surface area contributed by atoms with Crippen LogP contribution in [0.4, 0.5) is 0 Å². The number of hydrogen-bond acceptors (Lipinski definition) is 3. The largest absolute Gasteiger partial charge is 0.465 e. The maximum Gasteiger partial charge on any atom is 0.339 e. The van der Waals surface area contributed by atoms with Gasteiger partial charge in [-0.05, 0) is 12.1 Å². The lowest BCUT2D eigenvalue weighted by Crippen LogP contribution is -2.07. The lowest BCUT2D eigenvalue weighted by molar-refractivity contribution is 0.0596. The van der Waals surface area contributed by atoms with Gasteiger partial charge in [0, 0.05) is 5.75 Å². The predicted octanol–water partition coefficient (Wildman–Crippen LogP) is 1.60. The highest BCUT2D eigenvalue weighted by atomic mass is 32.2. The van der Waals surface area contributed by atoms with E-state index >= 15 is 0 Å². The SMILES string of the molecule is CCS(=O)c1ccccc1C(=O)OC. The van der Waals surface area contributed by atoms with Crippen molar-refractivity contribution in [2.24, 2.45) is 0 Å². The molecule has 1 atom stereocenters. The second kappa shape index (κ2) is 4.91. The Labute approximate surface area is 85.5 Å². The molecule has 1 rings (SSSR count). The van der Waals surface area contributed by atoms with E-state index in [0.29, 0.717) is 16.2 Å². The van der Waals surface area contributed by atoms with Crippen molar-refractivity contribution in [2.75, 3.05) is 12.9 Å². The number of esters is 1. The van der Waals surface area contributed by atoms with Crippen LogP contribution in [0.15, 0.2) is 29.2 Å². The summed E-state index contributed by atoms with van der Waals surface area (Å²) in [5.41, 5.74) is 0.384. The van der Waals surface area contributed by atoms with Crippen molar-refractivity contribution in [3.63, 3.8) is 0 Å². The summed E-state index contributed by atoms with van der Waals surface area (Å²) in [5, 5.41) is 0. The maximum absolute atomic E-state index is 11.6. The van der Waals surface area contributed by atoms with Gasteiger partial charge in [-0.3, -0.25) is 4.21 Å². The summed E-state index contributed by atoms with van der Waals surface area (Å²) in [6.07, 6.45) is 0. The third-order valence-corrected chi connectivity index (χ3v) is 3.17. The molecule has 0 aliphatic rings. The zero-order valence-corrected chi connectivity index (χ0v) is 8.97. The normalized spacial score (nSPS) is 12.1. The molecule has 0 bridgehead atoms. The van der Waals surface area contributed by atoms with Gasteiger partial charge in [0.2, 0.25) is 0 Å². The van der Waals surface area contributed by atoms with Gasteiger partial charge in [-0.25, -0.2) is 4.79 Å². The molecule has 0 radical (unpaired) electrons. The molecule has 0 N–H and O–H groups in total. The van der Waals surface area contributed by atoms with E-state index in [-0.39, 0.29) is 0 Å². The molecular formula is C10H12O3S. The number of rotatable bonds is 3. The Balaban J connectivity index is 3.15. The van der Waals surface area contributed by atoms with E-state index in [4.69, 9.17) is 0 Å². The van der Waals surface area contributed by atoms with Gasteiger partial charge in [-0.2, -0.15) is 0 Å². The molecular weight excluding hydrogens is 200 g/mol. The molecule has 1 aromatic carbocycles. The molecule has 14 heavy (non-hydrogen) atoms. The number of benzene rings is 1. The Morgan fingerprint density at radius 3 is 2.64 bits per heavy atom. The molecule has 0 amide bonds. The molecule has 0 fully saturated rings. The number of methoxy groups -OCH3 is 1. The first-order valence-electron chi connectivity index (χ1n) is 4.26. The monoisotopic (exact) mass is 212 g/mol. The standard InChI is InChI=1S/C10H12O3S/c1-3-14(12)9-7-5-4-6-8(9)10(11)13-2/h4-7H,3H2,1-2H3. The van der Waals surface area contributed by atoms with Crippen LogP contribution in [0.25, 0.3) is 0 Å². The topological polar surface area (TPSA) is 43.4 Å². The van der Waals surface area contributed by atoms with Gasteiger partial charge in [0.05, 0.1) is 28.4 Å². The fraction of sp³-hybridized carbons (Fsp3) is 0.300. The molecule has 1 unspecified atom stereocenters. The van der Waals surface area contributed by atoms with Gasteiger partial charge < -0.3 is 4.74 Å². The third kappa shape index (κ3) is 2.20. The van der Waals surface area contributed by atoms with Gasteiger partial charge in [-0.1, -0.05) is 19.1 Å². The van der Waals surface area contributed by atoms with E-state index in [2.05, 4.69) is 4.74 Å². The van der Waals surface area contributed by atoms with Crippen LogP contribution >= 0.6 is 0 Å². The molecule has 0 aromatic heterocycles. The van der Waals surface area contributed by atoms with Crippen LogP contribution in [0.1, 0.15) is 17.3 Å². The van der Waals surface area contributed by atoms with Crippen LogP contribution in [0.5, 0.6) is 0 Å². The molecule has 0 saturated carbocycles. The maximum atomic E-state index is 11.6. The third-order valence-electron chi connectivity index (χ3n) is 1.80. The highest BCUT2D eigenvalue weighted by Gasteiger charge is 2.14. The predicted molar refractivity (Wildman–Crippen MR) is 54.7 cm³/mol. The summed E-state index contributed by atoms with van der Waals surface area (Å²) in [6.45, 7) is 1.81. The summed E-state index contributed by atoms with van der Waals surface area (Å²) in [5.74, 6) is 0.0518. The molecule has 76 valence electrons. The highest BCUT2D eigenvalue weighted by Crippen LogP contribution is 2.14. The first-order chi connectivity index (χ1) is 6.70. The van der Waals surface area contributed by atoms with E-state index in [1.54, 1.807) is 24.3 Å². The first-order valence-corrected chi connectivity index (χ1v) is 5.58. The smallest absolute Gasteiger partial charge is 0.339 e. The molecule has 0 heterocycles. The minimum absolute atomic E-state index is 0.384. The Morgan fingerprint density at radius 1 is 1.43 bits per heavy atom. The van der Waals surface area contributed by atoms with Gasteiger partial charge in [-0.15, -0.1) is 0 Å². The van der Waals surface area contributed by atoms with Crippen LogP contribution < -0.4 is 0 Å². The lowest BCUT2D eigenvalue weighted by atomic mass is 10.2. The number of carbonyl (C=O) groups is 1. The van der Waals surface area contributed by atoms with Gasteiger partial charge in [0.1, 0.15) is 0 Å². The van der Waals surface area contributed by atoms with Gasteiger partial charge in [0.15, 0.2) is 0 Å². The molecule has 1 aromatic rings. The zero-order valence-electron chi connectivity index (χ0n) is 8.15. The number of hydrogen-bond donors (Lipinski definition) is 0. The number of ether oxygens (including phenoxy) is 1. The minimum Gasteiger partial charge on any atom is -0.465 e. The molecule has 3 nitrogen and oxygen atoms in total. The van der Waals surface area contributed by atoms with Crippen LogP contribution in [-0.2, 0) is 15.5 Å². The molecule has 0 aliphatic carbocycles. The Hall–Kier alpha value is -1.16. The van der Waals surface area contributed by atoms with Crippen molar-refractivity contribution in [3.8, 4) is 0 Å². The Morgan fingerprint density at radius 2 is 2.07 bits per heavy atom. The average molecular weight is 212 g/mol. The van der Waals surface area contributed by atoms with Crippen LogP contribution in [0, 0.1) is 0 Å². The number of carbonyl (C=O) groups excluding carboxylic acids is 1. The highest BCUT2D eigenvalue weighted by molar-refractivity contribution is 7.85. The van der Waals surface area contributed by atoms with Crippen molar-refractivity contribution in [1.29, 1.82) is 0 Å². The summed E-state index contributed by atoms with van der Waals surface area (Å²) < 4.78 is 16.2. The van der Waals surface area contributed by atoms with Crippen LogP contribution in [-0.4, -0.2) is 23.0 Å². The van der Waals surface area contributed by atoms with E-state index in [1.807, 2.05) is 6.92 Å². The van der Waals surface area contributed by atoms with Crippen molar-refractivity contribution >= 4 is 16.8 Å². The summed E-state index contributed by atoms with van der Waals surface area (Å²) in [6, 6.07) is 6.79. The van der Waals surface area contributed by atoms with E-state index in [1.165, 1.54) is 7.11 Å². The van der Waals surface area contributed by atoms with E-state index < -0.39 is 16.8 Å². The van der Waals surface area contributed by atoms with Crippen LogP contribution in [0.2, 0.25) is 0 Å². The Bertz CT molecular complexity index is 325. The molecule has 4 heteroatoms. The summed E-state index contributed by atoms with van der Waals surface area (Å²) in [4.78, 5) is 11.8. The van der Waals surface area contributed by atoms with Gasteiger partial charge >= 0.3 is 5.97 Å². The fourth-order valence-corrected chi connectivity index (χ4v) is 2.04. The van der Waals surface area contributed by atoms with Gasteiger partial charge in [0.25, 0.3) is 0 Å². The summed E-state index contributed by atoms with van der Waals surface area (Å²) in [7, 11) is 0.189. The van der Waals surface area contributed by atoms with E-state index in [0.717, 1.165) is 0 Å². The van der Waals surface area contributed by atoms with Crippen LogP contribution in [0.3, 0.4) is 0 Å². The minimum atomic E-state index is -1.12. The average Bonchev–Trinajstić information content (AvgIpc) is 2.27. The summed E-state index contributed by atoms with van der Waals surface area (Å²) >= 11 is 0. The van der Waals surface area contributed by atoms with Crippen molar-refractivity contribution in [1.82, 2.24) is 0 Å². The molecule has 0 spiro atoms. The second-order valence-corrected chi connectivity index (χ2v) is 4.33. The second-order valence-electron chi connectivity index (χ2n) is 2.62. The zero-order chi connectivity index (χ0) is 10.6. The first kappa shape index (κ1) is 10.9. The van der Waals surface area contributed by atoms with E-state index in [9.17, 15) is 9.00 Å². The fourth-order valence-electron chi connectivity index (χ4n) is 1.10. The quantitative estimate of drug-likeness (QED) is 0.715. The molecule has 0 aliphatic heterocycles. The Kier molecular flexibility index (Phi) is 3.83. The van der Waals surface area contributed by atoms with Crippen molar-refractivity contribution in [3.05, 3.63) is 29.8 Å². The lowest BCUT2D eigenvalue weighted by Gasteiger charge is -2.05. The van der Waals surface area contributed by atoms with Crippen molar-refractivity contribution < 1.29 is 13.7 Å². The molecule has 0 saturated heterocycles.